The fourth-order valence-electron chi connectivity index (χ4n) is 3.85. The summed E-state index contributed by atoms with van der Waals surface area (Å²) < 4.78 is 0. The molecule has 3 nitrogen and oxygen atoms in total. The van der Waals surface area contributed by atoms with Gasteiger partial charge in [0, 0.05) is 28.6 Å². The van der Waals surface area contributed by atoms with E-state index in [0.717, 1.165) is 28.9 Å². The number of nitrogens with one attached hydrogen (secondary N) is 1. The summed E-state index contributed by atoms with van der Waals surface area (Å²) in [5.74, 6) is 0.0519. The summed E-state index contributed by atoms with van der Waals surface area (Å²) in [7, 11) is 2.24. The highest BCUT2D eigenvalue weighted by atomic mass is 32.1. The zero-order valence-corrected chi connectivity index (χ0v) is 13.7. The molecule has 1 N–H and O–H groups in total. The van der Waals surface area contributed by atoms with Crippen LogP contribution < -0.4 is 5.32 Å². The number of hydrogen-bond donors (Lipinski definition) is 2. The molecule has 21 heavy (non-hydrogen) atoms. The van der Waals surface area contributed by atoms with E-state index >= 15 is 0 Å². The van der Waals surface area contributed by atoms with Gasteiger partial charge in [-0.05, 0) is 57.4 Å². The number of carbonyl (C=O) groups excluding carboxylic acids is 1. The molecule has 2 aliphatic rings. The molecule has 1 aromatic carbocycles. The molecule has 0 aromatic heterocycles. The van der Waals surface area contributed by atoms with Gasteiger partial charge in [-0.25, -0.2) is 0 Å². The van der Waals surface area contributed by atoms with E-state index in [2.05, 4.69) is 29.9 Å². The Morgan fingerprint density at radius 2 is 1.95 bits per heavy atom. The maximum Gasteiger partial charge on any atom is 0.251 e. The second-order valence-corrected chi connectivity index (χ2v) is 7.06. The number of piperidine rings is 2. The Morgan fingerprint density at radius 3 is 2.62 bits per heavy atom. The van der Waals surface area contributed by atoms with Crippen molar-refractivity contribution in [2.24, 2.45) is 0 Å². The molecule has 1 aromatic rings. The fourth-order valence-corrected chi connectivity index (χ4v) is 4.06. The van der Waals surface area contributed by atoms with Crippen LogP contribution in [0.1, 0.15) is 48.0 Å². The Bertz CT molecular complexity index is 532. The van der Waals surface area contributed by atoms with Crippen LogP contribution >= 0.6 is 12.6 Å². The Kier molecular flexibility index (Phi) is 4.27. The van der Waals surface area contributed by atoms with E-state index in [1.165, 1.54) is 19.3 Å². The van der Waals surface area contributed by atoms with Crippen LogP contribution in [0.15, 0.2) is 23.1 Å². The molecule has 2 atom stereocenters. The topological polar surface area (TPSA) is 32.3 Å². The number of nitrogens with zero attached hydrogens (tertiary/aromatic N) is 1. The molecular weight excluding hydrogens is 280 g/mol. The van der Waals surface area contributed by atoms with Crippen molar-refractivity contribution in [3.63, 3.8) is 0 Å². The van der Waals surface area contributed by atoms with E-state index in [1.54, 1.807) is 0 Å². The third-order valence-electron chi connectivity index (χ3n) is 5.14. The van der Waals surface area contributed by atoms with Crippen LogP contribution in [0.25, 0.3) is 0 Å². The van der Waals surface area contributed by atoms with Crippen molar-refractivity contribution in [1.82, 2.24) is 10.2 Å². The maximum atomic E-state index is 12.5. The van der Waals surface area contributed by atoms with E-state index in [0.29, 0.717) is 18.1 Å². The van der Waals surface area contributed by atoms with Gasteiger partial charge in [-0.15, -0.1) is 12.6 Å². The average molecular weight is 304 g/mol. The van der Waals surface area contributed by atoms with Gasteiger partial charge < -0.3 is 10.2 Å². The zero-order chi connectivity index (χ0) is 15.0. The van der Waals surface area contributed by atoms with Crippen molar-refractivity contribution in [3.8, 4) is 0 Å². The smallest absolute Gasteiger partial charge is 0.251 e. The lowest BCUT2D eigenvalue weighted by atomic mass is 9.82. The van der Waals surface area contributed by atoms with E-state index in [1.807, 2.05) is 25.1 Å². The SMILES string of the molecule is Cc1ccc(S)cc1C(=O)NC1CC2CCCC(C1)N2C. The van der Waals surface area contributed by atoms with Crippen molar-refractivity contribution < 1.29 is 4.79 Å². The Balaban J connectivity index is 1.69. The number of amides is 1. The molecule has 0 saturated carbocycles. The first-order chi connectivity index (χ1) is 10.0. The zero-order valence-electron chi connectivity index (χ0n) is 12.8. The summed E-state index contributed by atoms with van der Waals surface area (Å²) in [6.45, 7) is 1.98. The molecule has 2 unspecified atom stereocenters. The molecule has 2 heterocycles. The number of carbonyl (C=O) groups is 1. The van der Waals surface area contributed by atoms with Crippen LogP contribution in [0.2, 0.25) is 0 Å². The maximum absolute atomic E-state index is 12.5. The monoisotopic (exact) mass is 304 g/mol. The molecule has 0 spiro atoms. The lowest BCUT2D eigenvalue weighted by Gasteiger charge is -2.47. The van der Waals surface area contributed by atoms with Gasteiger partial charge >= 0.3 is 0 Å². The molecule has 2 fully saturated rings. The van der Waals surface area contributed by atoms with Crippen LogP contribution in [-0.4, -0.2) is 36.0 Å². The number of thiol groups is 1. The van der Waals surface area contributed by atoms with Crippen LogP contribution in [-0.2, 0) is 0 Å². The van der Waals surface area contributed by atoms with E-state index in [9.17, 15) is 4.79 Å². The molecule has 114 valence electrons. The predicted molar refractivity (Wildman–Crippen MR) is 88.1 cm³/mol. The van der Waals surface area contributed by atoms with Gasteiger partial charge in [0.15, 0.2) is 0 Å². The quantitative estimate of drug-likeness (QED) is 0.823. The normalized spacial score (nSPS) is 29.2. The highest BCUT2D eigenvalue weighted by Crippen LogP contribution is 2.32. The first kappa shape index (κ1) is 14.9. The molecule has 0 radical (unpaired) electrons. The third kappa shape index (κ3) is 3.11. The lowest BCUT2D eigenvalue weighted by molar-refractivity contribution is 0.0463. The standard InChI is InChI=1S/C17H24N2OS/c1-11-6-7-15(21)10-16(11)17(20)18-12-8-13-4-3-5-14(9-12)19(13)2/h6-7,10,12-14,21H,3-5,8-9H2,1-2H3,(H,18,20). The van der Waals surface area contributed by atoms with Gasteiger partial charge in [0.1, 0.15) is 0 Å². The van der Waals surface area contributed by atoms with Gasteiger partial charge in [-0.3, -0.25) is 4.79 Å². The lowest BCUT2D eigenvalue weighted by Crippen LogP contribution is -2.55. The fraction of sp³-hybridized carbons (Fsp3) is 0.588. The van der Waals surface area contributed by atoms with Crippen LogP contribution in [0.5, 0.6) is 0 Å². The number of hydrogen-bond acceptors (Lipinski definition) is 3. The first-order valence-corrected chi connectivity index (χ1v) is 8.31. The molecule has 2 aliphatic heterocycles. The predicted octanol–water partition coefficient (Wildman–Crippen LogP) is 3.03. The minimum absolute atomic E-state index is 0.0519. The van der Waals surface area contributed by atoms with E-state index in [-0.39, 0.29) is 5.91 Å². The summed E-state index contributed by atoms with van der Waals surface area (Å²) in [5.41, 5.74) is 1.77. The van der Waals surface area contributed by atoms with Gasteiger partial charge in [0.25, 0.3) is 5.91 Å². The molecule has 2 bridgehead atoms. The van der Waals surface area contributed by atoms with Crippen molar-refractivity contribution in [1.29, 1.82) is 0 Å². The highest BCUT2D eigenvalue weighted by Gasteiger charge is 2.36. The van der Waals surface area contributed by atoms with Crippen molar-refractivity contribution in [2.75, 3.05) is 7.05 Å². The minimum Gasteiger partial charge on any atom is -0.349 e. The summed E-state index contributed by atoms with van der Waals surface area (Å²) in [5, 5.41) is 3.25. The van der Waals surface area contributed by atoms with E-state index < -0.39 is 0 Å². The summed E-state index contributed by atoms with van der Waals surface area (Å²) in [6.07, 6.45) is 6.03. The Morgan fingerprint density at radius 1 is 1.29 bits per heavy atom. The molecule has 0 aliphatic carbocycles. The Labute approximate surface area is 132 Å². The molecule has 4 heteroatoms. The highest BCUT2D eigenvalue weighted by molar-refractivity contribution is 7.80. The Hall–Kier alpha value is -1.00. The summed E-state index contributed by atoms with van der Waals surface area (Å²) >= 11 is 4.34. The number of fused-ring (bicyclic) bond motifs is 2. The molecule has 1 amide bonds. The number of aryl methyl sites for hydroxylation is 1. The molecular formula is C17H24N2OS. The third-order valence-corrected chi connectivity index (χ3v) is 5.42. The largest absolute Gasteiger partial charge is 0.349 e. The number of rotatable bonds is 2. The van der Waals surface area contributed by atoms with E-state index in [4.69, 9.17) is 0 Å². The first-order valence-electron chi connectivity index (χ1n) is 7.87. The average Bonchev–Trinajstić information content (AvgIpc) is 2.42. The van der Waals surface area contributed by atoms with Crippen molar-refractivity contribution >= 4 is 18.5 Å². The van der Waals surface area contributed by atoms with Gasteiger partial charge in [0.2, 0.25) is 0 Å². The van der Waals surface area contributed by atoms with Gasteiger partial charge in [0.05, 0.1) is 0 Å². The molecule has 3 rings (SSSR count). The van der Waals surface area contributed by atoms with Gasteiger partial charge in [-0.2, -0.15) is 0 Å². The summed E-state index contributed by atoms with van der Waals surface area (Å²) in [4.78, 5) is 15.9. The minimum atomic E-state index is 0.0519. The summed E-state index contributed by atoms with van der Waals surface area (Å²) in [6, 6.07) is 7.34. The van der Waals surface area contributed by atoms with Crippen LogP contribution in [0, 0.1) is 6.92 Å². The van der Waals surface area contributed by atoms with Crippen LogP contribution in [0.3, 0.4) is 0 Å². The van der Waals surface area contributed by atoms with Crippen molar-refractivity contribution in [3.05, 3.63) is 29.3 Å². The van der Waals surface area contributed by atoms with Crippen molar-refractivity contribution in [2.45, 2.75) is 62.0 Å². The second kappa shape index (κ2) is 6.01. The van der Waals surface area contributed by atoms with Crippen LogP contribution in [0.4, 0.5) is 0 Å². The second-order valence-electron chi connectivity index (χ2n) is 6.55. The number of benzene rings is 1. The molecule has 2 saturated heterocycles. The van der Waals surface area contributed by atoms with Gasteiger partial charge in [-0.1, -0.05) is 12.5 Å².